The second-order valence-electron chi connectivity index (χ2n) is 10.1. The van der Waals surface area contributed by atoms with Crippen molar-refractivity contribution in [2.75, 3.05) is 127 Å². The van der Waals surface area contributed by atoms with Crippen LogP contribution in [0.25, 0.3) is 0 Å². The van der Waals surface area contributed by atoms with Crippen LogP contribution in [0, 0.1) is 0 Å². The molecule has 0 aliphatic rings. The van der Waals surface area contributed by atoms with Crippen molar-refractivity contribution in [1.29, 1.82) is 0 Å². The van der Waals surface area contributed by atoms with Crippen molar-refractivity contribution in [3.63, 3.8) is 0 Å². The Kier molecular flexibility index (Phi) is 13.4. The fraction of sp³-hybridized carbons (Fsp3) is 1.00. The standard InChI is InChI=1S/C18H55N13P4/c1-23(2)33(24(3)4,25(5)6)20-32(19,21-34(26(7)8,27(9)10)28(11)12)22-35(29(13)14,30(15)16)31(17)18/h19H,1-18H3/p+1. The molecule has 2 N–H and O–H groups in total. The molecule has 0 spiro atoms. The highest BCUT2D eigenvalue weighted by Gasteiger charge is 2.46. The molecule has 0 aromatic carbocycles. The van der Waals surface area contributed by atoms with Crippen LogP contribution in [0.2, 0.25) is 0 Å². The van der Waals surface area contributed by atoms with E-state index < -0.39 is 30.0 Å². The maximum Gasteiger partial charge on any atom is 0.518 e. The van der Waals surface area contributed by atoms with Crippen LogP contribution in [0.1, 0.15) is 0 Å². The molecule has 35 heavy (non-hydrogen) atoms. The summed E-state index contributed by atoms with van der Waals surface area (Å²) < 4.78 is 36.1. The third-order valence-electron chi connectivity index (χ3n) is 5.58. The van der Waals surface area contributed by atoms with Crippen LogP contribution in [0.4, 0.5) is 0 Å². The fourth-order valence-electron chi connectivity index (χ4n) is 4.52. The predicted molar refractivity (Wildman–Crippen MR) is 162 cm³/mol. The van der Waals surface area contributed by atoms with Gasteiger partial charge in [-0.1, -0.05) is 4.17 Å². The molecule has 0 saturated heterocycles. The molecule has 0 rings (SSSR count). The van der Waals surface area contributed by atoms with Crippen LogP contribution in [0.3, 0.4) is 0 Å². The third-order valence-corrected chi connectivity index (χ3v) is 21.3. The minimum absolute atomic E-state index is 2.06. The normalized spacial score (nSPS) is 14.6. The van der Waals surface area contributed by atoms with E-state index in [1.807, 2.05) is 0 Å². The average Bonchev–Trinajstić information content (AvgIpc) is 2.66. The summed E-state index contributed by atoms with van der Waals surface area (Å²) in [6.07, 6.45) is 0. The lowest BCUT2D eigenvalue weighted by Gasteiger charge is -2.42. The van der Waals surface area contributed by atoms with E-state index >= 15 is 0 Å². The summed E-state index contributed by atoms with van der Waals surface area (Å²) in [7, 11) is 26.6. The Labute approximate surface area is 217 Å². The number of nitrogens with two attached hydrogens (primary N) is 1. The summed E-state index contributed by atoms with van der Waals surface area (Å²) in [5, 5.41) is 0. The van der Waals surface area contributed by atoms with Gasteiger partial charge in [-0.05, 0) is 127 Å². The lowest BCUT2D eigenvalue weighted by atomic mass is 11.2. The lowest BCUT2D eigenvalue weighted by Crippen LogP contribution is -2.33. The lowest BCUT2D eigenvalue weighted by molar-refractivity contribution is 0.472. The van der Waals surface area contributed by atoms with Gasteiger partial charge in [0.1, 0.15) is 0 Å². The van der Waals surface area contributed by atoms with E-state index in [1.165, 1.54) is 0 Å². The zero-order chi connectivity index (χ0) is 28.3. The third kappa shape index (κ3) is 6.99. The van der Waals surface area contributed by atoms with Gasteiger partial charge in [0.15, 0.2) is 15.0 Å². The molecule has 0 heterocycles. The first-order valence-electron chi connectivity index (χ1n) is 11.3. The SMILES string of the molecule is CN(C)P(=NP(N)(N=P(N(C)C)(N(C)C)N(C)C)=[N+]=P(N(C)C)(N(C)C)N(C)C)(N(C)C)N(C)C. The minimum atomic E-state index is -3.17. The summed E-state index contributed by atoms with van der Waals surface area (Å²) in [4.78, 5) is 0. The Morgan fingerprint density at radius 3 is 0.743 bits per heavy atom. The molecular formula is C18H56N13P4+. The maximum atomic E-state index is 7.45. The molecule has 0 fully saturated rings. The smallest absolute Gasteiger partial charge is 0.252 e. The van der Waals surface area contributed by atoms with E-state index in [0.29, 0.717) is 0 Å². The van der Waals surface area contributed by atoms with Crippen molar-refractivity contribution in [2.24, 2.45) is 14.5 Å². The van der Waals surface area contributed by atoms with E-state index in [9.17, 15) is 0 Å². The molecule has 0 aliphatic heterocycles. The molecular weight excluding hydrogens is 522 g/mol. The van der Waals surface area contributed by atoms with Gasteiger partial charge in [0, 0.05) is 0 Å². The number of rotatable bonds is 11. The van der Waals surface area contributed by atoms with Gasteiger partial charge in [-0.3, -0.25) is 28.0 Å². The van der Waals surface area contributed by atoms with Gasteiger partial charge in [0.25, 0.3) is 0 Å². The summed E-state index contributed by atoms with van der Waals surface area (Å²) >= 11 is 0. The Bertz CT molecular complexity index is 795. The van der Waals surface area contributed by atoms with Gasteiger partial charge in [-0.15, -0.1) is 9.03 Å². The molecule has 0 saturated carbocycles. The highest BCUT2D eigenvalue weighted by Crippen LogP contribution is 2.69. The molecule has 0 aliphatic carbocycles. The van der Waals surface area contributed by atoms with Gasteiger partial charge >= 0.3 is 15.0 Å². The van der Waals surface area contributed by atoms with Crippen LogP contribution in [-0.4, -0.2) is 169 Å². The van der Waals surface area contributed by atoms with Gasteiger partial charge in [0.05, 0.1) is 0 Å². The maximum absolute atomic E-state index is 7.45. The number of nitrogens with zero attached hydrogens (tertiary/aromatic N) is 12. The first-order valence-corrected chi connectivity index (χ1v) is 17.8. The monoisotopic (exact) mass is 578 g/mol. The van der Waals surface area contributed by atoms with Crippen molar-refractivity contribution < 1.29 is 0 Å². The van der Waals surface area contributed by atoms with E-state index in [2.05, 4.69) is 169 Å². The Balaban J connectivity index is 8.99. The highest BCUT2D eigenvalue weighted by atomic mass is 31.2. The van der Waals surface area contributed by atoms with Crippen molar-refractivity contribution in [1.82, 2.24) is 46.2 Å². The molecule has 13 nitrogen and oxygen atoms in total. The molecule has 17 heteroatoms. The van der Waals surface area contributed by atoms with Crippen molar-refractivity contribution in [3.8, 4) is 0 Å². The second kappa shape index (κ2) is 13.1. The number of hydrogen-bond acceptors (Lipinski definition) is 0. The Morgan fingerprint density at radius 1 is 0.400 bits per heavy atom. The fourth-order valence-corrected chi connectivity index (χ4v) is 22.4. The highest BCUT2D eigenvalue weighted by molar-refractivity contribution is 7.78. The molecule has 0 radical (unpaired) electrons. The zero-order valence-electron chi connectivity index (χ0n) is 25.7. The van der Waals surface area contributed by atoms with E-state index in [-0.39, 0.29) is 0 Å². The molecule has 0 aromatic rings. The molecule has 0 atom stereocenters. The van der Waals surface area contributed by atoms with Crippen LogP contribution in [0.5, 0.6) is 0 Å². The van der Waals surface area contributed by atoms with Gasteiger partial charge in [-0.25, -0.2) is 19.5 Å². The first kappa shape index (κ1) is 35.6. The largest absolute Gasteiger partial charge is 0.518 e. The summed E-state index contributed by atoms with van der Waals surface area (Å²) in [5.41, 5.74) is 7.45. The summed E-state index contributed by atoms with van der Waals surface area (Å²) in [6.45, 7) is 0. The zero-order valence-corrected chi connectivity index (χ0v) is 29.3. The predicted octanol–water partition coefficient (Wildman–Crippen LogP) is 2.85. The van der Waals surface area contributed by atoms with Crippen molar-refractivity contribution >= 4 is 30.0 Å². The van der Waals surface area contributed by atoms with Gasteiger partial charge < -0.3 is 0 Å². The topological polar surface area (TPSA) is 94.0 Å². The van der Waals surface area contributed by atoms with Crippen LogP contribution >= 0.6 is 30.0 Å². The molecule has 0 aromatic heterocycles. The molecule has 0 amide bonds. The summed E-state index contributed by atoms with van der Waals surface area (Å²) in [6, 6.07) is 0. The van der Waals surface area contributed by atoms with E-state index in [0.717, 1.165) is 0 Å². The van der Waals surface area contributed by atoms with Crippen molar-refractivity contribution in [3.05, 3.63) is 0 Å². The molecule has 0 bridgehead atoms. The summed E-state index contributed by atoms with van der Waals surface area (Å²) in [5.74, 6) is 0. The second-order valence-corrected chi connectivity index (χ2v) is 23.9. The quantitative estimate of drug-likeness (QED) is 0.291. The first-order chi connectivity index (χ1) is 15.6. The molecule has 0 unspecified atom stereocenters. The van der Waals surface area contributed by atoms with Gasteiger partial charge in [0.2, 0.25) is 0 Å². The Hall–Kier alpha value is 0.630. The van der Waals surface area contributed by atoms with Gasteiger partial charge in [-0.2, -0.15) is 0 Å². The van der Waals surface area contributed by atoms with Crippen LogP contribution < -0.4 is 9.68 Å². The van der Waals surface area contributed by atoms with Crippen LogP contribution in [-0.2, 0) is 0 Å². The van der Waals surface area contributed by atoms with Crippen molar-refractivity contribution in [2.45, 2.75) is 0 Å². The van der Waals surface area contributed by atoms with Crippen LogP contribution in [0.15, 0.2) is 9.03 Å². The minimum Gasteiger partial charge on any atom is -0.252 e. The number of hydrogen-bond donors (Lipinski definition) is 1. The Morgan fingerprint density at radius 2 is 0.600 bits per heavy atom. The van der Waals surface area contributed by atoms with E-state index in [1.54, 1.807) is 0 Å². The average molecular weight is 579 g/mol. The van der Waals surface area contributed by atoms with E-state index in [4.69, 9.17) is 18.7 Å². The molecule has 212 valence electrons.